The highest BCUT2D eigenvalue weighted by Gasteiger charge is 2.37. The van der Waals surface area contributed by atoms with Crippen molar-refractivity contribution in [3.8, 4) is 0 Å². The summed E-state index contributed by atoms with van der Waals surface area (Å²) in [7, 11) is -1.83. The lowest BCUT2D eigenvalue weighted by Gasteiger charge is -2.37. The van der Waals surface area contributed by atoms with Gasteiger partial charge in [0.2, 0.25) is 0 Å². The number of hydrogen-bond acceptors (Lipinski definition) is 3. The molecule has 0 unspecified atom stereocenters. The minimum atomic E-state index is -1.83. The topological polar surface area (TPSA) is 21.7 Å². The standard InChI is InChI=1S/C21H30FNO2Si/c1-21(2,3)26(4,5)25-15-14-23(20-13-9-12-19(22)16-20)24-17-18-10-7-6-8-11-18/h6-13,16H,14-15,17H2,1-5H3. The fourth-order valence-electron chi connectivity index (χ4n) is 2.23. The van der Waals surface area contributed by atoms with E-state index < -0.39 is 8.32 Å². The quantitative estimate of drug-likeness (QED) is 0.431. The van der Waals surface area contributed by atoms with Crippen LogP contribution in [0.4, 0.5) is 10.1 Å². The number of hydrogen-bond donors (Lipinski definition) is 0. The lowest BCUT2D eigenvalue weighted by molar-refractivity contribution is 0.0852. The Morgan fingerprint density at radius 1 is 1.00 bits per heavy atom. The number of benzene rings is 2. The maximum Gasteiger partial charge on any atom is 0.192 e. The van der Waals surface area contributed by atoms with Gasteiger partial charge >= 0.3 is 0 Å². The van der Waals surface area contributed by atoms with E-state index in [4.69, 9.17) is 9.26 Å². The summed E-state index contributed by atoms with van der Waals surface area (Å²) >= 11 is 0. The molecule has 2 rings (SSSR count). The lowest BCUT2D eigenvalue weighted by Crippen LogP contribution is -2.42. The van der Waals surface area contributed by atoms with Crippen molar-refractivity contribution in [2.45, 2.75) is 45.5 Å². The molecule has 0 atom stereocenters. The van der Waals surface area contributed by atoms with Gasteiger partial charge in [0, 0.05) is 0 Å². The van der Waals surface area contributed by atoms with Crippen molar-refractivity contribution in [3.05, 3.63) is 66.0 Å². The van der Waals surface area contributed by atoms with Gasteiger partial charge in [-0.05, 0) is 41.9 Å². The Morgan fingerprint density at radius 3 is 2.31 bits per heavy atom. The van der Waals surface area contributed by atoms with E-state index in [2.05, 4.69) is 33.9 Å². The van der Waals surface area contributed by atoms with Gasteiger partial charge in [0.1, 0.15) is 5.82 Å². The van der Waals surface area contributed by atoms with Crippen molar-refractivity contribution in [2.75, 3.05) is 18.2 Å². The van der Waals surface area contributed by atoms with Crippen molar-refractivity contribution in [3.63, 3.8) is 0 Å². The van der Waals surface area contributed by atoms with Crippen molar-refractivity contribution >= 4 is 14.0 Å². The van der Waals surface area contributed by atoms with Crippen LogP contribution < -0.4 is 5.06 Å². The molecule has 0 N–H and O–H groups in total. The van der Waals surface area contributed by atoms with Crippen LogP contribution in [0.1, 0.15) is 26.3 Å². The summed E-state index contributed by atoms with van der Waals surface area (Å²) in [5, 5.41) is 1.88. The van der Waals surface area contributed by atoms with E-state index in [1.807, 2.05) is 36.4 Å². The molecule has 3 nitrogen and oxygen atoms in total. The monoisotopic (exact) mass is 375 g/mol. The van der Waals surface area contributed by atoms with Gasteiger partial charge in [-0.25, -0.2) is 4.39 Å². The van der Waals surface area contributed by atoms with Crippen molar-refractivity contribution in [1.29, 1.82) is 0 Å². The summed E-state index contributed by atoms with van der Waals surface area (Å²) in [6.07, 6.45) is 0. The molecule has 5 heteroatoms. The lowest BCUT2D eigenvalue weighted by atomic mass is 10.2. The molecule has 0 amide bonds. The van der Waals surface area contributed by atoms with Crippen LogP contribution in [-0.2, 0) is 15.9 Å². The number of hydroxylamine groups is 1. The van der Waals surface area contributed by atoms with Crippen LogP contribution in [0.5, 0.6) is 0 Å². The predicted octanol–water partition coefficient (Wildman–Crippen LogP) is 5.79. The molecular weight excluding hydrogens is 345 g/mol. The smallest absolute Gasteiger partial charge is 0.192 e. The van der Waals surface area contributed by atoms with Gasteiger partial charge < -0.3 is 4.43 Å². The van der Waals surface area contributed by atoms with Gasteiger partial charge in [0.05, 0.1) is 25.4 Å². The maximum absolute atomic E-state index is 13.7. The summed E-state index contributed by atoms with van der Waals surface area (Å²) in [6, 6.07) is 16.4. The van der Waals surface area contributed by atoms with Crippen molar-refractivity contribution in [2.24, 2.45) is 0 Å². The number of rotatable bonds is 8. The number of halogens is 1. The third-order valence-corrected chi connectivity index (χ3v) is 9.43. The zero-order chi connectivity index (χ0) is 19.2. The minimum absolute atomic E-state index is 0.154. The van der Waals surface area contributed by atoms with Gasteiger partial charge in [0.25, 0.3) is 0 Å². The van der Waals surface area contributed by atoms with Gasteiger partial charge in [-0.2, -0.15) is 0 Å². The largest absolute Gasteiger partial charge is 0.415 e. The van der Waals surface area contributed by atoms with E-state index >= 15 is 0 Å². The predicted molar refractivity (Wildman–Crippen MR) is 108 cm³/mol. The minimum Gasteiger partial charge on any atom is -0.415 e. The molecular formula is C21H30FNO2Si. The maximum atomic E-state index is 13.7. The van der Waals surface area contributed by atoms with Crippen LogP contribution in [0.2, 0.25) is 18.1 Å². The third kappa shape index (κ3) is 5.94. The normalized spacial score (nSPS) is 12.2. The van der Waals surface area contributed by atoms with Crippen LogP contribution in [-0.4, -0.2) is 21.5 Å². The number of nitrogens with zero attached hydrogens (tertiary/aromatic N) is 1. The first kappa shape index (κ1) is 20.6. The Labute approximate surface area is 157 Å². The average Bonchev–Trinajstić information content (AvgIpc) is 2.57. The van der Waals surface area contributed by atoms with E-state index in [0.29, 0.717) is 25.4 Å². The summed E-state index contributed by atoms with van der Waals surface area (Å²) in [5.74, 6) is -0.277. The molecule has 0 aliphatic carbocycles. The van der Waals surface area contributed by atoms with Crippen LogP contribution >= 0.6 is 0 Å². The Morgan fingerprint density at radius 2 is 1.69 bits per heavy atom. The second kappa shape index (κ2) is 8.80. The summed E-state index contributed by atoms with van der Waals surface area (Å²) in [4.78, 5) is 5.97. The highest BCUT2D eigenvalue weighted by molar-refractivity contribution is 6.74. The van der Waals surface area contributed by atoms with Crippen LogP contribution in [0.3, 0.4) is 0 Å². The van der Waals surface area contributed by atoms with Crippen LogP contribution in [0.25, 0.3) is 0 Å². The molecule has 2 aromatic rings. The van der Waals surface area contributed by atoms with E-state index in [9.17, 15) is 4.39 Å². The highest BCUT2D eigenvalue weighted by Crippen LogP contribution is 2.36. The van der Waals surface area contributed by atoms with Gasteiger partial charge in [0.15, 0.2) is 8.32 Å². The fourth-order valence-corrected chi connectivity index (χ4v) is 3.26. The number of anilines is 1. The second-order valence-electron chi connectivity index (χ2n) is 7.95. The highest BCUT2D eigenvalue weighted by atomic mass is 28.4. The molecule has 2 aromatic carbocycles. The summed E-state index contributed by atoms with van der Waals surface area (Å²) in [5.41, 5.74) is 1.76. The fraction of sp³-hybridized carbons (Fsp3) is 0.429. The first-order valence-electron chi connectivity index (χ1n) is 9.03. The van der Waals surface area contributed by atoms with Gasteiger partial charge in [-0.3, -0.25) is 9.90 Å². The van der Waals surface area contributed by atoms with E-state index in [1.165, 1.54) is 12.1 Å². The zero-order valence-corrected chi connectivity index (χ0v) is 17.5. The molecule has 0 radical (unpaired) electrons. The Kier molecular flexibility index (Phi) is 6.98. The molecule has 0 saturated heterocycles. The first-order chi connectivity index (χ1) is 12.2. The molecule has 142 valence electrons. The van der Waals surface area contributed by atoms with Crippen molar-refractivity contribution in [1.82, 2.24) is 0 Å². The van der Waals surface area contributed by atoms with Gasteiger partial charge in [-0.15, -0.1) is 0 Å². The molecule has 0 aliphatic rings. The summed E-state index contributed by atoms with van der Waals surface area (Å²) < 4.78 is 19.9. The molecule has 0 aliphatic heterocycles. The molecule has 0 heterocycles. The average molecular weight is 376 g/mol. The Bertz CT molecular complexity index is 686. The third-order valence-electron chi connectivity index (χ3n) is 4.89. The molecule has 26 heavy (non-hydrogen) atoms. The summed E-state index contributed by atoms with van der Waals surface area (Å²) in [6.45, 7) is 12.6. The molecule has 0 spiro atoms. The van der Waals surface area contributed by atoms with Crippen LogP contribution in [0, 0.1) is 5.82 Å². The second-order valence-corrected chi connectivity index (χ2v) is 12.8. The zero-order valence-electron chi connectivity index (χ0n) is 16.5. The molecule has 0 aromatic heterocycles. The van der Waals surface area contributed by atoms with Crippen molar-refractivity contribution < 1.29 is 13.7 Å². The Hall–Kier alpha value is -1.69. The van der Waals surface area contributed by atoms with Crippen LogP contribution in [0.15, 0.2) is 54.6 Å². The Balaban J connectivity index is 2.03. The van der Waals surface area contributed by atoms with E-state index in [-0.39, 0.29) is 10.9 Å². The first-order valence-corrected chi connectivity index (χ1v) is 11.9. The van der Waals surface area contributed by atoms with E-state index in [0.717, 1.165) is 5.56 Å². The van der Waals surface area contributed by atoms with E-state index in [1.54, 1.807) is 11.1 Å². The molecule has 0 bridgehead atoms. The SMILES string of the molecule is CC(C)(C)[Si](C)(C)OCCN(OCc1ccccc1)c1cccc(F)c1. The molecule has 0 saturated carbocycles. The van der Waals surface area contributed by atoms with Gasteiger partial charge in [-0.1, -0.05) is 57.2 Å². The molecule has 0 fully saturated rings.